The minimum Gasteiger partial charge on any atom is -0.507 e. The number of alkyl halides is 3. The lowest BCUT2D eigenvalue weighted by molar-refractivity contribution is -0.154. The van der Waals surface area contributed by atoms with Crippen molar-refractivity contribution in [2.75, 3.05) is 14.2 Å². The zero-order valence-corrected chi connectivity index (χ0v) is 19.3. The molecule has 0 amide bonds. The number of benzene rings is 2. The van der Waals surface area contributed by atoms with Crippen molar-refractivity contribution in [3.63, 3.8) is 0 Å². The number of aliphatic hydroxyl groups excluding tert-OH is 1. The van der Waals surface area contributed by atoms with E-state index in [4.69, 9.17) is 14.2 Å². The Hall–Kier alpha value is -3.04. The summed E-state index contributed by atoms with van der Waals surface area (Å²) in [6.07, 6.45) is -6.88. The zero-order chi connectivity index (χ0) is 25.3. The lowest BCUT2D eigenvalue weighted by atomic mass is 9.74. The average Bonchev–Trinajstić information content (AvgIpc) is 3.31. The third kappa shape index (κ3) is 4.37. The van der Waals surface area contributed by atoms with Crippen LogP contribution in [-0.2, 0) is 39.3 Å². The van der Waals surface area contributed by atoms with Gasteiger partial charge in [-0.15, -0.1) is 0 Å². The predicted octanol–water partition coefficient (Wildman–Crippen LogP) is 4.26. The Morgan fingerprint density at radius 1 is 1.18 bits per heavy atom. The number of aromatic hydroxyl groups is 1. The number of phenols is 1. The Morgan fingerprint density at radius 3 is 2.35 bits per heavy atom. The van der Waals surface area contributed by atoms with Crippen LogP contribution in [0.1, 0.15) is 34.7 Å². The SMILES string of the molecule is COC(=O)C(C)(c1ccccc1)C(O)C(=CCc1c(O)c2c(c(C)c1OC)COC2)C(F)(F)F. The molecule has 1 aliphatic heterocycles. The van der Waals surface area contributed by atoms with Crippen LogP contribution in [0.5, 0.6) is 11.5 Å². The van der Waals surface area contributed by atoms with Gasteiger partial charge in [0.05, 0.1) is 33.0 Å². The number of phenolic OH excluding ortho intramolecular Hbond substituents is 1. The number of hydrogen-bond acceptors (Lipinski definition) is 6. The number of fused-ring (bicyclic) bond motifs is 1. The van der Waals surface area contributed by atoms with Crippen LogP contribution in [0.2, 0.25) is 0 Å². The monoisotopic (exact) mass is 480 g/mol. The Labute approximate surface area is 195 Å². The van der Waals surface area contributed by atoms with Gasteiger partial charge in [0.15, 0.2) is 0 Å². The predicted molar refractivity (Wildman–Crippen MR) is 118 cm³/mol. The molecular formula is C25H27F3O6. The number of rotatable bonds is 7. The van der Waals surface area contributed by atoms with Gasteiger partial charge in [-0.2, -0.15) is 13.2 Å². The molecule has 34 heavy (non-hydrogen) atoms. The second kappa shape index (κ2) is 9.68. The van der Waals surface area contributed by atoms with Crippen LogP contribution in [0.25, 0.3) is 0 Å². The van der Waals surface area contributed by atoms with Crippen molar-refractivity contribution in [2.45, 2.75) is 51.2 Å². The van der Waals surface area contributed by atoms with Gasteiger partial charge in [-0.1, -0.05) is 36.4 Å². The fourth-order valence-electron chi connectivity index (χ4n) is 4.38. The van der Waals surface area contributed by atoms with Gasteiger partial charge in [0, 0.05) is 11.1 Å². The van der Waals surface area contributed by atoms with Crippen LogP contribution in [-0.4, -0.2) is 42.7 Å². The summed E-state index contributed by atoms with van der Waals surface area (Å²) >= 11 is 0. The molecule has 0 fully saturated rings. The molecule has 3 rings (SSSR count). The molecule has 2 unspecified atom stereocenters. The molecule has 0 aromatic heterocycles. The molecule has 0 bridgehead atoms. The third-order valence-corrected chi connectivity index (χ3v) is 6.38. The van der Waals surface area contributed by atoms with Crippen LogP contribution in [0.3, 0.4) is 0 Å². The molecular weight excluding hydrogens is 453 g/mol. The number of carbonyl (C=O) groups is 1. The molecule has 2 atom stereocenters. The highest BCUT2D eigenvalue weighted by Crippen LogP contribution is 2.44. The van der Waals surface area contributed by atoms with Gasteiger partial charge in [0.25, 0.3) is 0 Å². The van der Waals surface area contributed by atoms with E-state index < -0.39 is 35.7 Å². The summed E-state index contributed by atoms with van der Waals surface area (Å²) in [5.41, 5.74) is -1.17. The molecule has 0 saturated carbocycles. The number of aliphatic hydroxyl groups is 1. The molecule has 2 aromatic rings. The second-order valence-corrected chi connectivity index (χ2v) is 8.26. The summed E-state index contributed by atoms with van der Waals surface area (Å²) in [6.45, 7) is 3.34. The molecule has 1 aliphatic rings. The van der Waals surface area contributed by atoms with Crippen molar-refractivity contribution >= 4 is 5.97 Å². The van der Waals surface area contributed by atoms with Gasteiger partial charge in [-0.3, -0.25) is 4.79 Å². The molecule has 1 heterocycles. The first-order valence-corrected chi connectivity index (χ1v) is 10.6. The van der Waals surface area contributed by atoms with E-state index in [1.165, 1.54) is 26.2 Å². The smallest absolute Gasteiger partial charge is 0.414 e. The summed E-state index contributed by atoms with van der Waals surface area (Å²) in [7, 11) is 2.41. The minimum absolute atomic E-state index is 0.131. The number of halogens is 3. The second-order valence-electron chi connectivity index (χ2n) is 8.26. The number of methoxy groups -OCH3 is 2. The normalized spacial score (nSPS) is 16.5. The van der Waals surface area contributed by atoms with Gasteiger partial charge >= 0.3 is 12.1 Å². The highest BCUT2D eigenvalue weighted by molar-refractivity contribution is 5.84. The number of ether oxygens (including phenoxy) is 3. The topological polar surface area (TPSA) is 85.2 Å². The van der Waals surface area contributed by atoms with E-state index in [9.17, 15) is 28.2 Å². The summed E-state index contributed by atoms with van der Waals surface area (Å²) in [4.78, 5) is 12.7. The number of carbonyl (C=O) groups excluding carboxylic acids is 1. The summed E-state index contributed by atoms with van der Waals surface area (Å²) in [5.74, 6) is -0.985. The van der Waals surface area contributed by atoms with Crippen molar-refractivity contribution in [1.29, 1.82) is 0 Å². The first kappa shape index (κ1) is 25.6. The van der Waals surface area contributed by atoms with E-state index in [1.54, 1.807) is 25.1 Å². The third-order valence-electron chi connectivity index (χ3n) is 6.38. The maximum Gasteiger partial charge on any atom is 0.414 e. The van der Waals surface area contributed by atoms with Crippen LogP contribution in [0.15, 0.2) is 42.0 Å². The quantitative estimate of drug-likeness (QED) is 0.455. The van der Waals surface area contributed by atoms with Crippen LogP contribution >= 0.6 is 0 Å². The van der Waals surface area contributed by atoms with E-state index in [0.717, 1.165) is 18.7 Å². The number of hydrogen-bond donors (Lipinski definition) is 2. The Kier molecular flexibility index (Phi) is 7.28. The fraction of sp³-hybridized carbons (Fsp3) is 0.400. The Bertz CT molecular complexity index is 1090. The average molecular weight is 480 g/mol. The van der Waals surface area contributed by atoms with Crippen molar-refractivity contribution in [3.05, 3.63) is 69.8 Å². The van der Waals surface area contributed by atoms with Gasteiger partial charge in [0.1, 0.15) is 23.0 Å². The van der Waals surface area contributed by atoms with Gasteiger partial charge in [-0.25, -0.2) is 0 Å². The van der Waals surface area contributed by atoms with E-state index >= 15 is 0 Å². The lowest BCUT2D eigenvalue weighted by Crippen LogP contribution is -2.48. The Morgan fingerprint density at radius 2 is 1.79 bits per heavy atom. The molecule has 0 radical (unpaired) electrons. The van der Waals surface area contributed by atoms with E-state index in [-0.39, 0.29) is 35.8 Å². The standard InChI is InChI=1S/C25H27F3O6/c1-14-17-12-34-13-18(17)20(29)16(21(14)32-3)10-11-19(25(26,27)28)22(30)24(2,23(31)33-4)15-8-6-5-7-9-15/h5-9,11,22,29-30H,10,12-13H2,1-4H3. The highest BCUT2D eigenvalue weighted by Gasteiger charge is 2.51. The van der Waals surface area contributed by atoms with Crippen LogP contribution in [0, 0.1) is 6.92 Å². The van der Waals surface area contributed by atoms with Crippen LogP contribution in [0.4, 0.5) is 13.2 Å². The van der Waals surface area contributed by atoms with Crippen molar-refractivity contribution < 1.29 is 42.4 Å². The molecule has 0 aliphatic carbocycles. The van der Waals surface area contributed by atoms with Crippen LogP contribution < -0.4 is 4.74 Å². The summed E-state index contributed by atoms with van der Waals surface area (Å²) < 4.78 is 58.1. The summed E-state index contributed by atoms with van der Waals surface area (Å²) in [5, 5.41) is 21.8. The molecule has 9 heteroatoms. The van der Waals surface area contributed by atoms with Gasteiger partial charge < -0.3 is 24.4 Å². The van der Waals surface area contributed by atoms with Crippen molar-refractivity contribution in [2.24, 2.45) is 0 Å². The largest absolute Gasteiger partial charge is 0.507 e. The zero-order valence-electron chi connectivity index (χ0n) is 19.3. The first-order chi connectivity index (χ1) is 16.0. The fourth-order valence-corrected chi connectivity index (χ4v) is 4.38. The molecule has 184 valence electrons. The van der Waals surface area contributed by atoms with E-state index in [1.807, 2.05) is 0 Å². The Balaban J connectivity index is 2.13. The van der Waals surface area contributed by atoms with Gasteiger partial charge in [-0.05, 0) is 37.0 Å². The number of esters is 1. The molecule has 2 aromatic carbocycles. The first-order valence-electron chi connectivity index (χ1n) is 10.6. The molecule has 2 N–H and O–H groups in total. The molecule has 0 spiro atoms. The summed E-state index contributed by atoms with van der Waals surface area (Å²) in [6, 6.07) is 7.65. The minimum atomic E-state index is -4.97. The molecule has 0 saturated heterocycles. The lowest BCUT2D eigenvalue weighted by Gasteiger charge is -2.34. The number of allylic oxidation sites excluding steroid dienone is 1. The van der Waals surface area contributed by atoms with E-state index in [0.29, 0.717) is 11.1 Å². The maximum absolute atomic E-state index is 14.2. The maximum atomic E-state index is 14.2. The van der Waals surface area contributed by atoms with Crippen molar-refractivity contribution in [1.82, 2.24) is 0 Å². The van der Waals surface area contributed by atoms with E-state index in [2.05, 4.69) is 0 Å². The highest BCUT2D eigenvalue weighted by atomic mass is 19.4. The van der Waals surface area contributed by atoms with Crippen molar-refractivity contribution in [3.8, 4) is 11.5 Å². The van der Waals surface area contributed by atoms with Gasteiger partial charge in [0.2, 0.25) is 0 Å². The molecule has 6 nitrogen and oxygen atoms in total.